The summed E-state index contributed by atoms with van der Waals surface area (Å²) < 4.78 is 0. The zero-order valence-corrected chi connectivity index (χ0v) is 10.8. The van der Waals surface area contributed by atoms with E-state index in [4.69, 9.17) is 0 Å². The van der Waals surface area contributed by atoms with Crippen molar-refractivity contribution in [3.8, 4) is 0 Å². The van der Waals surface area contributed by atoms with E-state index in [1.165, 1.54) is 10.5 Å². The quantitative estimate of drug-likeness (QED) is 0.574. The van der Waals surface area contributed by atoms with Crippen LogP contribution in [0.1, 0.15) is 32.1 Å². The highest BCUT2D eigenvalue weighted by molar-refractivity contribution is 7.10. The van der Waals surface area contributed by atoms with Crippen molar-refractivity contribution < 1.29 is 0 Å². The number of rotatable bonds is 6. The second-order valence-corrected chi connectivity index (χ2v) is 5.69. The van der Waals surface area contributed by atoms with Gasteiger partial charge in [0.2, 0.25) is 0 Å². The molecule has 84 valence electrons. The molecule has 0 atom stereocenters. The number of nitrogens with one attached hydrogen (secondary N) is 1. The minimum Gasteiger partial charge on any atom is -0.316 e. The fourth-order valence-electron chi connectivity index (χ4n) is 1.45. The van der Waals surface area contributed by atoms with Crippen LogP contribution in [0.4, 0.5) is 0 Å². The largest absolute Gasteiger partial charge is 0.316 e. The minimum atomic E-state index is 0.239. The Balaban J connectivity index is 2.34. The summed E-state index contributed by atoms with van der Waals surface area (Å²) in [5.41, 5.74) is 1.49. The monoisotopic (exact) mass is 223 g/mol. The van der Waals surface area contributed by atoms with E-state index < -0.39 is 0 Å². The number of thiophene rings is 1. The summed E-state index contributed by atoms with van der Waals surface area (Å²) in [5.74, 6) is 0. The highest BCUT2D eigenvalue weighted by Gasteiger charge is 2.20. The topological polar surface area (TPSA) is 12.0 Å². The molecular formula is C13H21NS. The summed E-state index contributed by atoms with van der Waals surface area (Å²) >= 11 is 1.84. The van der Waals surface area contributed by atoms with Crippen molar-refractivity contribution in [2.75, 3.05) is 13.1 Å². The Bertz CT molecular complexity index is 298. The fraction of sp³-hybridized carbons (Fsp3) is 0.538. The molecule has 0 bridgehead atoms. The van der Waals surface area contributed by atoms with E-state index in [1.54, 1.807) is 0 Å². The Hall–Kier alpha value is -0.600. The smallest absolute Gasteiger partial charge is 0.0115 e. The molecule has 1 rings (SSSR count). The van der Waals surface area contributed by atoms with E-state index >= 15 is 0 Å². The lowest BCUT2D eigenvalue weighted by Crippen LogP contribution is -2.32. The van der Waals surface area contributed by atoms with Crippen LogP contribution in [0, 0.1) is 0 Å². The standard InChI is InChI=1S/C13H21NS/c1-11(2)7-8-14-10-13(3,4)12-6-5-9-15-12/h5-6,9,14H,1,7-8,10H2,2-4H3. The van der Waals surface area contributed by atoms with Crippen LogP contribution in [0.3, 0.4) is 0 Å². The van der Waals surface area contributed by atoms with Crippen molar-refractivity contribution >= 4 is 11.3 Å². The maximum atomic E-state index is 3.90. The molecule has 0 amide bonds. The zero-order chi connectivity index (χ0) is 11.3. The van der Waals surface area contributed by atoms with Gasteiger partial charge in [-0.15, -0.1) is 17.9 Å². The van der Waals surface area contributed by atoms with Crippen LogP contribution < -0.4 is 5.32 Å². The van der Waals surface area contributed by atoms with Gasteiger partial charge in [-0.25, -0.2) is 0 Å². The molecule has 2 heteroatoms. The molecule has 0 aliphatic heterocycles. The van der Waals surface area contributed by atoms with E-state index in [0.717, 1.165) is 19.5 Å². The van der Waals surface area contributed by atoms with Crippen molar-refractivity contribution in [3.63, 3.8) is 0 Å². The molecule has 1 nitrogen and oxygen atoms in total. The van der Waals surface area contributed by atoms with Crippen LogP contribution >= 0.6 is 11.3 Å². The predicted octanol–water partition coefficient (Wildman–Crippen LogP) is 3.58. The first-order valence-corrected chi connectivity index (χ1v) is 6.29. The van der Waals surface area contributed by atoms with Gasteiger partial charge in [0.15, 0.2) is 0 Å². The lowest BCUT2D eigenvalue weighted by molar-refractivity contribution is 0.479. The Labute approximate surface area is 97.2 Å². The molecule has 0 aliphatic carbocycles. The van der Waals surface area contributed by atoms with Crippen molar-refractivity contribution in [3.05, 3.63) is 34.5 Å². The van der Waals surface area contributed by atoms with Crippen LogP contribution in [0.25, 0.3) is 0 Å². The zero-order valence-electron chi connectivity index (χ0n) is 9.97. The number of hydrogen-bond acceptors (Lipinski definition) is 2. The van der Waals surface area contributed by atoms with E-state index in [2.05, 4.69) is 50.2 Å². The molecule has 0 unspecified atom stereocenters. The van der Waals surface area contributed by atoms with E-state index in [1.807, 2.05) is 11.3 Å². The first kappa shape index (κ1) is 12.5. The summed E-state index contributed by atoms with van der Waals surface area (Å²) in [7, 11) is 0. The Kier molecular flexibility index (Phi) is 4.55. The highest BCUT2D eigenvalue weighted by Crippen LogP contribution is 2.26. The lowest BCUT2D eigenvalue weighted by Gasteiger charge is -2.23. The molecule has 1 aromatic rings. The van der Waals surface area contributed by atoms with Crippen molar-refractivity contribution in [2.24, 2.45) is 0 Å². The van der Waals surface area contributed by atoms with Gasteiger partial charge in [-0.3, -0.25) is 0 Å². The third-order valence-electron chi connectivity index (χ3n) is 2.48. The summed E-state index contributed by atoms with van der Waals surface area (Å²) in [6.45, 7) is 12.6. The van der Waals surface area contributed by atoms with Crippen LogP contribution in [-0.4, -0.2) is 13.1 Å². The first-order chi connectivity index (χ1) is 7.02. The molecule has 1 aromatic heterocycles. The maximum Gasteiger partial charge on any atom is 0.0115 e. The molecule has 0 aliphatic rings. The first-order valence-electron chi connectivity index (χ1n) is 5.41. The fourth-order valence-corrected chi connectivity index (χ4v) is 2.31. The molecule has 0 fully saturated rings. The second kappa shape index (κ2) is 5.47. The van der Waals surface area contributed by atoms with Crippen molar-refractivity contribution in [2.45, 2.75) is 32.6 Å². The van der Waals surface area contributed by atoms with Gasteiger partial charge in [-0.1, -0.05) is 25.5 Å². The summed E-state index contributed by atoms with van der Waals surface area (Å²) in [6, 6.07) is 4.33. The molecule has 15 heavy (non-hydrogen) atoms. The van der Waals surface area contributed by atoms with E-state index in [0.29, 0.717) is 0 Å². The third-order valence-corrected chi connectivity index (χ3v) is 3.72. The Morgan fingerprint density at radius 3 is 2.80 bits per heavy atom. The summed E-state index contributed by atoms with van der Waals surface area (Å²) in [4.78, 5) is 1.45. The van der Waals surface area contributed by atoms with Gasteiger partial charge in [0, 0.05) is 16.8 Å². The van der Waals surface area contributed by atoms with Gasteiger partial charge in [-0.05, 0) is 31.3 Å². The Morgan fingerprint density at radius 2 is 2.27 bits per heavy atom. The molecule has 0 spiro atoms. The molecule has 0 saturated carbocycles. The Morgan fingerprint density at radius 1 is 1.53 bits per heavy atom. The normalized spacial score (nSPS) is 11.7. The summed E-state index contributed by atoms with van der Waals surface area (Å²) in [6.07, 6.45) is 1.07. The average Bonchev–Trinajstić information content (AvgIpc) is 2.65. The molecule has 0 saturated heterocycles. The second-order valence-electron chi connectivity index (χ2n) is 4.75. The molecule has 0 aromatic carbocycles. The maximum absolute atomic E-state index is 3.90. The van der Waals surface area contributed by atoms with Crippen molar-refractivity contribution in [1.29, 1.82) is 0 Å². The lowest BCUT2D eigenvalue weighted by atomic mass is 9.91. The van der Waals surface area contributed by atoms with Gasteiger partial charge < -0.3 is 5.32 Å². The van der Waals surface area contributed by atoms with Gasteiger partial charge in [0.05, 0.1) is 0 Å². The van der Waals surface area contributed by atoms with Crippen molar-refractivity contribution in [1.82, 2.24) is 5.32 Å². The average molecular weight is 223 g/mol. The van der Waals surface area contributed by atoms with E-state index in [9.17, 15) is 0 Å². The number of hydrogen-bond donors (Lipinski definition) is 1. The predicted molar refractivity (Wildman–Crippen MR) is 69.6 cm³/mol. The molecular weight excluding hydrogens is 202 g/mol. The molecule has 1 heterocycles. The van der Waals surface area contributed by atoms with Crippen LogP contribution in [-0.2, 0) is 5.41 Å². The highest BCUT2D eigenvalue weighted by atomic mass is 32.1. The van der Waals surface area contributed by atoms with Gasteiger partial charge in [0.25, 0.3) is 0 Å². The third kappa shape index (κ3) is 4.18. The molecule has 0 radical (unpaired) electrons. The van der Waals surface area contributed by atoms with Gasteiger partial charge >= 0.3 is 0 Å². The van der Waals surface area contributed by atoms with E-state index in [-0.39, 0.29) is 5.41 Å². The molecule has 1 N–H and O–H groups in total. The van der Waals surface area contributed by atoms with Gasteiger partial charge in [-0.2, -0.15) is 0 Å². The van der Waals surface area contributed by atoms with Crippen LogP contribution in [0.15, 0.2) is 29.7 Å². The SMILES string of the molecule is C=C(C)CCNCC(C)(C)c1cccs1. The minimum absolute atomic E-state index is 0.239. The van der Waals surface area contributed by atoms with Gasteiger partial charge in [0.1, 0.15) is 0 Å². The summed E-state index contributed by atoms with van der Waals surface area (Å²) in [5, 5.41) is 5.63. The van der Waals surface area contributed by atoms with Crippen LogP contribution in [0.2, 0.25) is 0 Å². The van der Waals surface area contributed by atoms with Crippen LogP contribution in [0.5, 0.6) is 0 Å².